The zero-order valence-corrected chi connectivity index (χ0v) is 10.5. The van der Waals surface area contributed by atoms with E-state index in [0.29, 0.717) is 5.56 Å². The first-order chi connectivity index (χ1) is 8.93. The largest absolute Gasteiger partial charge is 0.459 e. The molecular formula is C13H18O6. The van der Waals surface area contributed by atoms with Crippen LogP contribution in [0.1, 0.15) is 17.3 Å². The summed E-state index contributed by atoms with van der Waals surface area (Å²) in [5.41, 5.74) is 0.320. The minimum absolute atomic E-state index is 0.320. The summed E-state index contributed by atoms with van der Waals surface area (Å²) in [5, 5.41) is 37.4. The van der Waals surface area contributed by atoms with Crippen molar-refractivity contribution in [3.8, 4) is 0 Å². The number of hydrogen-bond donors (Lipinski definition) is 4. The Morgan fingerprint density at radius 3 is 2.21 bits per heavy atom. The maximum Gasteiger partial charge on any atom is 0.338 e. The van der Waals surface area contributed by atoms with Crippen LogP contribution in [-0.4, -0.2) is 57.4 Å². The molecule has 0 aromatic heterocycles. The Bertz CT molecular complexity index is 391. The lowest BCUT2D eigenvalue weighted by Crippen LogP contribution is -2.45. The second-order valence-electron chi connectivity index (χ2n) is 4.25. The van der Waals surface area contributed by atoms with Crippen LogP contribution in [0.3, 0.4) is 0 Å². The van der Waals surface area contributed by atoms with Crippen LogP contribution in [0.15, 0.2) is 30.3 Å². The summed E-state index contributed by atoms with van der Waals surface area (Å²) < 4.78 is 4.80. The van der Waals surface area contributed by atoms with Crippen molar-refractivity contribution in [1.82, 2.24) is 0 Å². The molecule has 0 saturated carbocycles. The number of esters is 1. The monoisotopic (exact) mass is 270 g/mol. The van der Waals surface area contributed by atoms with Crippen molar-refractivity contribution >= 4 is 5.97 Å². The van der Waals surface area contributed by atoms with Gasteiger partial charge in [-0.3, -0.25) is 0 Å². The highest BCUT2D eigenvalue weighted by atomic mass is 16.5. The van der Waals surface area contributed by atoms with Crippen LogP contribution >= 0.6 is 0 Å². The Morgan fingerprint density at radius 2 is 1.68 bits per heavy atom. The SMILES string of the molecule is C[C@H](O)[C@@H](O)[C@@H](O)[C@H](O)COC(=O)c1ccccc1. The van der Waals surface area contributed by atoms with Crippen molar-refractivity contribution < 1.29 is 30.0 Å². The van der Waals surface area contributed by atoms with Gasteiger partial charge in [0.15, 0.2) is 0 Å². The molecule has 6 nitrogen and oxygen atoms in total. The number of hydrogen-bond acceptors (Lipinski definition) is 6. The van der Waals surface area contributed by atoms with Crippen LogP contribution in [0.4, 0.5) is 0 Å². The van der Waals surface area contributed by atoms with Crippen molar-refractivity contribution in [1.29, 1.82) is 0 Å². The predicted octanol–water partition coefficient (Wildman–Crippen LogP) is -0.693. The number of benzene rings is 1. The summed E-state index contributed by atoms with van der Waals surface area (Å²) in [6, 6.07) is 8.18. The molecule has 0 aliphatic rings. The van der Waals surface area contributed by atoms with Gasteiger partial charge in [0.1, 0.15) is 24.9 Å². The molecule has 4 atom stereocenters. The van der Waals surface area contributed by atoms with Crippen LogP contribution in [0.5, 0.6) is 0 Å². The maximum absolute atomic E-state index is 11.5. The van der Waals surface area contributed by atoms with Gasteiger partial charge in [0.05, 0.1) is 11.7 Å². The number of rotatable bonds is 6. The van der Waals surface area contributed by atoms with E-state index in [1.54, 1.807) is 30.3 Å². The third-order valence-corrected chi connectivity index (χ3v) is 2.63. The van der Waals surface area contributed by atoms with Gasteiger partial charge in [-0.1, -0.05) is 18.2 Å². The molecule has 0 radical (unpaired) electrons. The minimum atomic E-state index is -1.59. The Balaban J connectivity index is 2.46. The van der Waals surface area contributed by atoms with E-state index >= 15 is 0 Å². The number of aliphatic hydroxyl groups is 4. The van der Waals surface area contributed by atoms with Gasteiger partial charge in [0.2, 0.25) is 0 Å². The topological polar surface area (TPSA) is 107 Å². The fourth-order valence-electron chi connectivity index (χ4n) is 1.43. The van der Waals surface area contributed by atoms with Crippen molar-refractivity contribution in [2.45, 2.75) is 31.3 Å². The molecule has 1 aromatic carbocycles. The van der Waals surface area contributed by atoms with Gasteiger partial charge in [0, 0.05) is 0 Å². The summed E-state index contributed by atoms with van der Waals surface area (Å²) in [6.07, 6.45) is -5.78. The fraction of sp³-hybridized carbons (Fsp3) is 0.462. The van der Waals surface area contributed by atoms with Gasteiger partial charge < -0.3 is 25.2 Å². The highest BCUT2D eigenvalue weighted by Crippen LogP contribution is 2.07. The Morgan fingerprint density at radius 1 is 1.11 bits per heavy atom. The molecule has 0 bridgehead atoms. The van der Waals surface area contributed by atoms with Gasteiger partial charge in [-0.15, -0.1) is 0 Å². The third-order valence-electron chi connectivity index (χ3n) is 2.63. The average Bonchev–Trinajstić information content (AvgIpc) is 2.43. The highest BCUT2D eigenvalue weighted by Gasteiger charge is 2.28. The van der Waals surface area contributed by atoms with E-state index in [1.807, 2.05) is 0 Å². The summed E-state index contributed by atoms with van der Waals surface area (Å²) in [5.74, 6) is -0.640. The van der Waals surface area contributed by atoms with Gasteiger partial charge in [-0.2, -0.15) is 0 Å². The molecule has 0 fully saturated rings. The Hall–Kier alpha value is -1.47. The fourth-order valence-corrected chi connectivity index (χ4v) is 1.43. The molecule has 4 N–H and O–H groups in total. The molecule has 0 aliphatic heterocycles. The molecule has 1 rings (SSSR count). The van der Waals surface area contributed by atoms with Gasteiger partial charge in [0.25, 0.3) is 0 Å². The van der Waals surface area contributed by atoms with E-state index in [0.717, 1.165) is 0 Å². The highest BCUT2D eigenvalue weighted by molar-refractivity contribution is 5.89. The molecule has 6 heteroatoms. The van der Waals surface area contributed by atoms with Crippen LogP contribution in [0, 0.1) is 0 Å². The van der Waals surface area contributed by atoms with E-state index in [4.69, 9.17) is 9.84 Å². The zero-order valence-electron chi connectivity index (χ0n) is 10.5. The van der Waals surface area contributed by atoms with Crippen LogP contribution in [0.2, 0.25) is 0 Å². The summed E-state index contributed by atoms with van der Waals surface area (Å²) >= 11 is 0. The van der Waals surface area contributed by atoms with Crippen LogP contribution in [0.25, 0.3) is 0 Å². The van der Waals surface area contributed by atoms with E-state index < -0.39 is 37.0 Å². The van der Waals surface area contributed by atoms with Crippen molar-refractivity contribution in [3.63, 3.8) is 0 Å². The second kappa shape index (κ2) is 7.20. The number of carbonyl (C=O) groups excluding carboxylic acids is 1. The van der Waals surface area contributed by atoms with E-state index in [2.05, 4.69) is 0 Å². The van der Waals surface area contributed by atoms with Crippen LogP contribution in [-0.2, 0) is 4.74 Å². The lowest BCUT2D eigenvalue weighted by molar-refractivity contribution is -0.112. The number of ether oxygens (including phenoxy) is 1. The average molecular weight is 270 g/mol. The molecule has 19 heavy (non-hydrogen) atoms. The van der Waals surface area contributed by atoms with E-state index in [-0.39, 0.29) is 0 Å². The van der Waals surface area contributed by atoms with Crippen molar-refractivity contribution in [2.75, 3.05) is 6.61 Å². The van der Waals surface area contributed by atoms with Gasteiger partial charge in [-0.25, -0.2) is 4.79 Å². The lowest BCUT2D eigenvalue weighted by Gasteiger charge is -2.24. The van der Waals surface area contributed by atoms with Crippen molar-refractivity contribution in [2.24, 2.45) is 0 Å². The Labute approximate surface area is 110 Å². The first-order valence-electron chi connectivity index (χ1n) is 5.88. The maximum atomic E-state index is 11.5. The molecule has 1 aromatic rings. The summed E-state index contributed by atoms with van der Waals surface area (Å²) in [7, 11) is 0. The molecule has 106 valence electrons. The quantitative estimate of drug-likeness (QED) is 0.510. The minimum Gasteiger partial charge on any atom is -0.459 e. The predicted molar refractivity (Wildman–Crippen MR) is 66.4 cm³/mol. The molecule has 0 saturated heterocycles. The molecular weight excluding hydrogens is 252 g/mol. The summed E-state index contributed by atoms with van der Waals surface area (Å²) in [4.78, 5) is 11.5. The van der Waals surface area contributed by atoms with E-state index in [1.165, 1.54) is 6.92 Å². The lowest BCUT2D eigenvalue weighted by atomic mass is 10.0. The molecule has 0 unspecified atom stereocenters. The first kappa shape index (κ1) is 15.6. The molecule has 0 spiro atoms. The number of aliphatic hydroxyl groups excluding tert-OH is 4. The zero-order chi connectivity index (χ0) is 14.4. The van der Waals surface area contributed by atoms with Crippen molar-refractivity contribution in [3.05, 3.63) is 35.9 Å². The first-order valence-corrected chi connectivity index (χ1v) is 5.88. The molecule has 0 heterocycles. The summed E-state index contributed by atoms with van der Waals surface area (Å²) in [6.45, 7) is 0.801. The second-order valence-corrected chi connectivity index (χ2v) is 4.25. The Kier molecular flexibility index (Phi) is 5.91. The standard InChI is InChI=1S/C13H18O6/c1-8(14)11(16)12(17)10(15)7-19-13(18)9-5-3-2-4-6-9/h2-6,8,10-12,14-17H,7H2,1H3/t8-,10+,11+,12-/m0/s1. The van der Waals surface area contributed by atoms with Crippen LogP contribution < -0.4 is 0 Å². The van der Waals surface area contributed by atoms with E-state index in [9.17, 15) is 20.1 Å². The normalized spacial score (nSPS) is 17.3. The molecule has 0 aliphatic carbocycles. The van der Waals surface area contributed by atoms with Gasteiger partial charge >= 0.3 is 5.97 Å². The molecule has 0 amide bonds. The smallest absolute Gasteiger partial charge is 0.338 e. The van der Waals surface area contributed by atoms with Gasteiger partial charge in [-0.05, 0) is 19.1 Å². The number of carbonyl (C=O) groups is 1. The third kappa shape index (κ3) is 4.60.